The van der Waals surface area contributed by atoms with E-state index >= 15 is 0 Å². The zero-order valence-corrected chi connectivity index (χ0v) is 9.82. The van der Waals surface area contributed by atoms with Crippen molar-refractivity contribution < 1.29 is 9.59 Å². The predicted molar refractivity (Wildman–Crippen MR) is 65.7 cm³/mol. The molecule has 0 aromatic heterocycles. The number of anilines is 1. The van der Waals surface area contributed by atoms with Crippen molar-refractivity contribution in [3.05, 3.63) is 29.8 Å². The van der Waals surface area contributed by atoms with Crippen LogP contribution in [0.1, 0.15) is 25.3 Å². The number of carbonyl (C=O) groups is 2. The summed E-state index contributed by atoms with van der Waals surface area (Å²) in [5, 5.41) is 4.97. The molecular formula is C13H16N2O2. The van der Waals surface area contributed by atoms with Gasteiger partial charge in [-0.1, -0.05) is 19.1 Å². The van der Waals surface area contributed by atoms with E-state index in [-0.39, 0.29) is 11.8 Å². The maximum atomic E-state index is 11.5. The average Bonchev–Trinajstić information content (AvgIpc) is 3.13. The van der Waals surface area contributed by atoms with Crippen molar-refractivity contribution in [2.24, 2.45) is 5.92 Å². The Balaban J connectivity index is 1.86. The van der Waals surface area contributed by atoms with Gasteiger partial charge in [-0.25, -0.2) is 4.79 Å². The minimum Gasteiger partial charge on any atom is -0.308 e. The number of imide groups is 1. The van der Waals surface area contributed by atoms with Gasteiger partial charge in [-0.2, -0.15) is 0 Å². The van der Waals surface area contributed by atoms with Gasteiger partial charge in [-0.05, 0) is 37.0 Å². The molecule has 90 valence electrons. The Morgan fingerprint density at radius 1 is 1.24 bits per heavy atom. The van der Waals surface area contributed by atoms with Gasteiger partial charge in [0.25, 0.3) is 0 Å². The van der Waals surface area contributed by atoms with Crippen LogP contribution in [0.25, 0.3) is 0 Å². The summed E-state index contributed by atoms with van der Waals surface area (Å²) >= 11 is 0. The van der Waals surface area contributed by atoms with Crippen LogP contribution in [0.2, 0.25) is 0 Å². The third-order valence-electron chi connectivity index (χ3n) is 2.80. The molecule has 1 fully saturated rings. The van der Waals surface area contributed by atoms with Crippen LogP contribution in [-0.2, 0) is 11.2 Å². The van der Waals surface area contributed by atoms with Crippen LogP contribution in [0, 0.1) is 5.92 Å². The molecule has 0 atom stereocenters. The van der Waals surface area contributed by atoms with Crippen LogP contribution in [0.5, 0.6) is 0 Å². The summed E-state index contributed by atoms with van der Waals surface area (Å²) in [5.41, 5.74) is 1.91. The summed E-state index contributed by atoms with van der Waals surface area (Å²) in [6.45, 7) is 2.07. The van der Waals surface area contributed by atoms with E-state index < -0.39 is 6.03 Å². The van der Waals surface area contributed by atoms with E-state index in [0.29, 0.717) is 5.69 Å². The molecular weight excluding hydrogens is 216 g/mol. The molecule has 0 unspecified atom stereocenters. The number of urea groups is 1. The number of nitrogens with one attached hydrogen (secondary N) is 2. The van der Waals surface area contributed by atoms with Gasteiger partial charge in [0.15, 0.2) is 0 Å². The van der Waals surface area contributed by atoms with Crippen LogP contribution in [-0.4, -0.2) is 11.9 Å². The van der Waals surface area contributed by atoms with Crippen molar-refractivity contribution in [3.8, 4) is 0 Å². The first-order valence-corrected chi connectivity index (χ1v) is 5.90. The quantitative estimate of drug-likeness (QED) is 0.840. The summed E-state index contributed by atoms with van der Waals surface area (Å²) in [6.07, 6.45) is 2.75. The largest absolute Gasteiger partial charge is 0.325 e. The third-order valence-corrected chi connectivity index (χ3v) is 2.80. The minimum absolute atomic E-state index is 0.0446. The van der Waals surface area contributed by atoms with Crippen molar-refractivity contribution in [2.75, 3.05) is 5.32 Å². The molecule has 0 radical (unpaired) electrons. The van der Waals surface area contributed by atoms with Crippen LogP contribution >= 0.6 is 0 Å². The molecule has 1 aromatic carbocycles. The number of aryl methyl sites for hydroxylation is 1. The molecule has 4 nitrogen and oxygen atoms in total. The summed E-state index contributed by atoms with van der Waals surface area (Å²) in [4.78, 5) is 22.8. The second kappa shape index (κ2) is 4.99. The zero-order valence-electron chi connectivity index (χ0n) is 9.82. The SMILES string of the molecule is CCc1ccc(NC(=O)NC(=O)C2CC2)cc1. The fraction of sp³-hybridized carbons (Fsp3) is 0.385. The Morgan fingerprint density at radius 2 is 1.88 bits per heavy atom. The molecule has 0 bridgehead atoms. The van der Waals surface area contributed by atoms with E-state index in [1.54, 1.807) is 0 Å². The normalized spacial score (nSPS) is 14.2. The first-order valence-electron chi connectivity index (χ1n) is 5.90. The van der Waals surface area contributed by atoms with Gasteiger partial charge in [0.05, 0.1) is 0 Å². The molecule has 1 aliphatic carbocycles. The number of carbonyl (C=O) groups excluding carboxylic acids is 2. The van der Waals surface area contributed by atoms with E-state index in [9.17, 15) is 9.59 Å². The highest BCUT2D eigenvalue weighted by molar-refractivity contribution is 6.02. The van der Waals surface area contributed by atoms with Crippen molar-refractivity contribution in [1.82, 2.24) is 5.32 Å². The number of benzene rings is 1. The van der Waals surface area contributed by atoms with Crippen LogP contribution in [0.4, 0.5) is 10.5 Å². The van der Waals surface area contributed by atoms with E-state index in [0.717, 1.165) is 19.3 Å². The van der Waals surface area contributed by atoms with E-state index in [4.69, 9.17) is 0 Å². The van der Waals surface area contributed by atoms with Gasteiger partial charge in [0, 0.05) is 11.6 Å². The topological polar surface area (TPSA) is 58.2 Å². The lowest BCUT2D eigenvalue weighted by Crippen LogP contribution is -2.35. The maximum absolute atomic E-state index is 11.5. The highest BCUT2D eigenvalue weighted by atomic mass is 16.2. The molecule has 1 aromatic rings. The Bertz CT molecular complexity index is 422. The number of rotatable bonds is 3. The lowest BCUT2D eigenvalue weighted by atomic mass is 10.1. The third kappa shape index (κ3) is 3.31. The van der Waals surface area contributed by atoms with Crippen LogP contribution in [0.3, 0.4) is 0 Å². The van der Waals surface area contributed by atoms with E-state index in [1.807, 2.05) is 24.3 Å². The van der Waals surface area contributed by atoms with E-state index in [1.165, 1.54) is 5.56 Å². The Labute approximate surface area is 100 Å². The molecule has 0 saturated heterocycles. The second-order valence-electron chi connectivity index (χ2n) is 4.27. The first-order chi connectivity index (χ1) is 8.19. The first kappa shape index (κ1) is 11.6. The smallest absolute Gasteiger partial charge is 0.308 e. The van der Waals surface area contributed by atoms with Crippen molar-refractivity contribution in [2.45, 2.75) is 26.2 Å². The standard InChI is InChI=1S/C13H16N2O2/c1-2-9-3-7-11(8-4-9)14-13(17)15-12(16)10-5-6-10/h3-4,7-8,10H,2,5-6H2,1H3,(H2,14,15,16,17). The van der Waals surface area contributed by atoms with Crippen molar-refractivity contribution in [3.63, 3.8) is 0 Å². The van der Waals surface area contributed by atoms with Gasteiger partial charge in [-0.3, -0.25) is 10.1 Å². The fourth-order valence-electron chi connectivity index (χ4n) is 1.55. The highest BCUT2D eigenvalue weighted by Gasteiger charge is 2.30. The number of hydrogen-bond acceptors (Lipinski definition) is 2. The summed E-state index contributed by atoms with van der Waals surface area (Å²) in [6, 6.07) is 7.13. The maximum Gasteiger partial charge on any atom is 0.325 e. The Kier molecular flexibility index (Phi) is 3.42. The number of amides is 3. The highest BCUT2D eigenvalue weighted by Crippen LogP contribution is 2.28. The average molecular weight is 232 g/mol. The molecule has 0 aliphatic heterocycles. The molecule has 1 aliphatic rings. The molecule has 0 spiro atoms. The van der Waals surface area contributed by atoms with Gasteiger partial charge in [-0.15, -0.1) is 0 Å². The fourth-order valence-corrected chi connectivity index (χ4v) is 1.55. The monoisotopic (exact) mass is 232 g/mol. The Hall–Kier alpha value is -1.84. The molecule has 0 heterocycles. The summed E-state index contributed by atoms with van der Waals surface area (Å²) in [5.74, 6) is -0.129. The molecule has 2 N–H and O–H groups in total. The van der Waals surface area contributed by atoms with Gasteiger partial charge < -0.3 is 5.32 Å². The molecule has 17 heavy (non-hydrogen) atoms. The van der Waals surface area contributed by atoms with E-state index in [2.05, 4.69) is 17.6 Å². The molecule has 2 rings (SSSR count). The molecule has 1 saturated carbocycles. The van der Waals surface area contributed by atoms with Gasteiger partial charge in [0.2, 0.25) is 5.91 Å². The summed E-state index contributed by atoms with van der Waals surface area (Å²) in [7, 11) is 0. The van der Waals surface area contributed by atoms with Crippen molar-refractivity contribution in [1.29, 1.82) is 0 Å². The van der Waals surface area contributed by atoms with Crippen molar-refractivity contribution >= 4 is 17.6 Å². The summed E-state index contributed by atoms with van der Waals surface area (Å²) < 4.78 is 0. The number of hydrogen-bond donors (Lipinski definition) is 2. The van der Waals surface area contributed by atoms with Gasteiger partial charge >= 0.3 is 6.03 Å². The predicted octanol–water partition coefficient (Wildman–Crippen LogP) is 2.31. The van der Waals surface area contributed by atoms with Crippen LogP contribution in [0.15, 0.2) is 24.3 Å². The molecule has 4 heteroatoms. The van der Waals surface area contributed by atoms with Gasteiger partial charge in [0.1, 0.15) is 0 Å². The zero-order chi connectivity index (χ0) is 12.3. The second-order valence-corrected chi connectivity index (χ2v) is 4.27. The minimum atomic E-state index is -0.453. The Morgan fingerprint density at radius 3 is 2.41 bits per heavy atom. The lowest BCUT2D eigenvalue weighted by Gasteiger charge is -2.06. The lowest BCUT2D eigenvalue weighted by molar-refractivity contribution is -0.121. The molecule has 3 amide bonds. The van der Waals surface area contributed by atoms with Crippen LogP contribution < -0.4 is 10.6 Å².